The molecule has 80 valence electrons. The smallest absolute Gasteiger partial charge is 0.0240 e. The predicted molar refractivity (Wildman–Crippen MR) is 60.1 cm³/mol. The Morgan fingerprint density at radius 1 is 1.15 bits per heavy atom. The zero-order valence-corrected chi connectivity index (χ0v) is 10.1. The van der Waals surface area contributed by atoms with Gasteiger partial charge in [-0.1, -0.05) is 34.6 Å². The standard InChI is InChI=1S/C11H26N2/c1-7-13(8-2)9-10(12-6)11(3,4)5/h10,12H,7-9H2,1-6H3. The molecule has 0 aliphatic heterocycles. The minimum absolute atomic E-state index is 0.345. The van der Waals surface area contributed by atoms with Crippen LogP contribution < -0.4 is 5.32 Å². The molecule has 13 heavy (non-hydrogen) atoms. The predicted octanol–water partition coefficient (Wildman–Crippen LogP) is 1.96. The van der Waals surface area contributed by atoms with Crippen molar-refractivity contribution in [3.63, 3.8) is 0 Å². The number of rotatable bonds is 5. The molecule has 0 radical (unpaired) electrons. The highest BCUT2D eigenvalue weighted by molar-refractivity contribution is 4.81. The Bertz CT molecular complexity index is 123. The molecular weight excluding hydrogens is 160 g/mol. The van der Waals surface area contributed by atoms with Gasteiger partial charge in [0.2, 0.25) is 0 Å². The molecular formula is C11H26N2. The lowest BCUT2D eigenvalue weighted by atomic mass is 9.86. The molecule has 0 spiro atoms. The molecule has 0 saturated heterocycles. The average Bonchev–Trinajstić information content (AvgIpc) is 2.04. The van der Waals surface area contributed by atoms with Crippen molar-refractivity contribution in [3.05, 3.63) is 0 Å². The van der Waals surface area contributed by atoms with Crippen LogP contribution in [0, 0.1) is 5.41 Å². The van der Waals surface area contributed by atoms with E-state index in [2.05, 4.69) is 51.9 Å². The van der Waals surface area contributed by atoms with Gasteiger partial charge in [-0.15, -0.1) is 0 Å². The van der Waals surface area contributed by atoms with Gasteiger partial charge in [-0.2, -0.15) is 0 Å². The summed E-state index contributed by atoms with van der Waals surface area (Å²) in [4.78, 5) is 2.46. The lowest BCUT2D eigenvalue weighted by molar-refractivity contribution is 0.190. The molecule has 0 aliphatic carbocycles. The molecule has 0 fully saturated rings. The Labute approximate surface area is 83.7 Å². The lowest BCUT2D eigenvalue weighted by Crippen LogP contribution is -2.47. The van der Waals surface area contributed by atoms with E-state index in [1.54, 1.807) is 0 Å². The lowest BCUT2D eigenvalue weighted by Gasteiger charge is -2.34. The van der Waals surface area contributed by atoms with E-state index in [9.17, 15) is 0 Å². The van der Waals surface area contributed by atoms with Crippen LogP contribution in [-0.2, 0) is 0 Å². The van der Waals surface area contributed by atoms with Crippen LogP contribution in [0.5, 0.6) is 0 Å². The van der Waals surface area contributed by atoms with E-state index in [1.165, 1.54) is 0 Å². The fourth-order valence-corrected chi connectivity index (χ4v) is 1.54. The maximum absolute atomic E-state index is 3.40. The largest absolute Gasteiger partial charge is 0.315 e. The van der Waals surface area contributed by atoms with Crippen LogP contribution in [-0.4, -0.2) is 37.6 Å². The third kappa shape index (κ3) is 4.63. The second-order valence-electron chi connectivity index (χ2n) is 4.69. The number of hydrogen-bond acceptors (Lipinski definition) is 2. The first kappa shape index (κ1) is 12.9. The fraction of sp³-hybridized carbons (Fsp3) is 1.00. The summed E-state index contributed by atoms with van der Waals surface area (Å²) in [6.45, 7) is 14.7. The van der Waals surface area contributed by atoms with Crippen LogP contribution in [0.2, 0.25) is 0 Å². The Morgan fingerprint density at radius 3 is 1.85 bits per heavy atom. The molecule has 0 amide bonds. The number of likely N-dealkylation sites (N-methyl/N-ethyl adjacent to an activating group) is 2. The summed E-state index contributed by atoms with van der Waals surface area (Å²) in [5.41, 5.74) is 0.345. The quantitative estimate of drug-likeness (QED) is 0.706. The van der Waals surface area contributed by atoms with Crippen LogP contribution in [0.3, 0.4) is 0 Å². The highest BCUT2D eigenvalue weighted by Crippen LogP contribution is 2.19. The number of nitrogens with zero attached hydrogens (tertiary/aromatic N) is 1. The molecule has 2 heteroatoms. The molecule has 0 aromatic rings. The molecule has 2 nitrogen and oxygen atoms in total. The molecule has 0 rings (SSSR count). The summed E-state index contributed by atoms with van der Waals surface area (Å²) in [5.74, 6) is 0. The van der Waals surface area contributed by atoms with Crippen LogP contribution in [0.15, 0.2) is 0 Å². The van der Waals surface area contributed by atoms with Crippen molar-refractivity contribution in [1.82, 2.24) is 10.2 Å². The van der Waals surface area contributed by atoms with E-state index in [-0.39, 0.29) is 0 Å². The van der Waals surface area contributed by atoms with E-state index >= 15 is 0 Å². The van der Waals surface area contributed by atoms with Gasteiger partial charge >= 0.3 is 0 Å². The van der Waals surface area contributed by atoms with Gasteiger partial charge in [-0.05, 0) is 25.6 Å². The maximum Gasteiger partial charge on any atom is 0.0240 e. The van der Waals surface area contributed by atoms with E-state index in [0.717, 1.165) is 19.6 Å². The Morgan fingerprint density at radius 2 is 1.62 bits per heavy atom. The van der Waals surface area contributed by atoms with Crippen LogP contribution in [0.25, 0.3) is 0 Å². The zero-order valence-electron chi connectivity index (χ0n) is 10.1. The van der Waals surface area contributed by atoms with Gasteiger partial charge in [-0.25, -0.2) is 0 Å². The first-order chi connectivity index (χ1) is 5.95. The monoisotopic (exact) mass is 186 g/mol. The van der Waals surface area contributed by atoms with Crippen molar-refractivity contribution in [2.24, 2.45) is 5.41 Å². The topological polar surface area (TPSA) is 15.3 Å². The normalized spacial score (nSPS) is 15.0. The summed E-state index contributed by atoms with van der Waals surface area (Å²) in [5, 5.41) is 3.40. The minimum atomic E-state index is 0.345. The van der Waals surface area contributed by atoms with E-state index in [1.807, 2.05) is 0 Å². The molecule has 0 aromatic carbocycles. The van der Waals surface area contributed by atoms with Crippen LogP contribution >= 0.6 is 0 Å². The average molecular weight is 186 g/mol. The number of hydrogen-bond donors (Lipinski definition) is 1. The Kier molecular flexibility index (Phi) is 5.57. The van der Waals surface area contributed by atoms with Crippen molar-refractivity contribution in [2.75, 3.05) is 26.7 Å². The molecule has 0 saturated carbocycles. The summed E-state index contributed by atoms with van der Waals surface area (Å²) >= 11 is 0. The molecule has 0 bridgehead atoms. The van der Waals surface area contributed by atoms with Crippen molar-refractivity contribution in [3.8, 4) is 0 Å². The van der Waals surface area contributed by atoms with Gasteiger partial charge in [0.05, 0.1) is 0 Å². The molecule has 1 unspecified atom stereocenters. The highest BCUT2D eigenvalue weighted by Gasteiger charge is 2.23. The van der Waals surface area contributed by atoms with Gasteiger partial charge < -0.3 is 10.2 Å². The first-order valence-corrected chi connectivity index (χ1v) is 5.35. The molecule has 0 aliphatic rings. The number of nitrogens with one attached hydrogen (secondary N) is 1. The fourth-order valence-electron chi connectivity index (χ4n) is 1.54. The van der Waals surface area contributed by atoms with E-state index in [4.69, 9.17) is 0 Å². The zero-order chi connectivity index (χ0) is 10.5. The third-order valence-corrected chi connectivity index (χ3v) is 2.73. The Hall–Kier alpha value is -0.0800. The second kappa shape index (κ2) is 5.61. The summed E-state index contributed by atoms with van der Waals surface area (Å²) in [7, 11) is 2.05. The Balaban J connectivity index is 4.11. The minimum Gasteiger partial charge on any atom is -0.315 e. The van der Waals surface area contributed by atoms with Gasteiger partial charge in [0.25, 0.3) is 0 Å². The van der Waals surface area contributed by atoms with Crippen molar-refractivity contribution in [2.45, 2.75) is 40.7 Å². The van der Waals surface area contributed by atoms with Gasteiger partial charge in [0.15, 0.2) is 0 Å². The van der Waals surface area contributed by atoms with Crippen LogP contribution in [0.1, 0.15) is 34.6 Å². The molecule has 1 atom stereocenters. The second-order valence-corrected chi connectivity index (χ2v) is 4.69. The molecule has 0 aromatic heterocycles. The SMILES string of the molecule is CCN(CC)CC(NC)C(C)(C)C. The third-order valence-electron chi connectivity index (χ3n) is 2.73. The van der Waals surface area contributed by atoms with Gasteiger partial charge in [0, 0.05) is 12.6 Å². The summed E-state index contributed by atoms with van der Waals surface area (Å²) < 4.78 is 0. The summed E-state index contributed by atoms with van der Waals surface area (Å²) in [6, 6.07) is 0.576. The molecule has 0 heterocycles. The van der Waals surface area contributed by atoms with Crippen molar-refractivity contribution >= 4 is 0 Å². The maximum atomic E-state index is 3.40. The van der Waals surface area contributed by atoms with E-state index in [0.29, 0.717) is 11.5 Å². The van der Waals surface area contributed by atoms with Crippen molar-refractivity contribution in [1.29, 1.82) is 0 Å². The summed E-state index contributed by atoms with van der Waals surface area (Å²) in [6.07, 6.45) is 0. The van der Waals surface area contributed by atoms with E-state index < -0.39 is 0 Å². The highest BCUT2D eigenvalue weighted by atomic mass is 15.1. The van der Waals surface area contributed by atoms with Gasteiger partial charge in [0.1, 0.15) is 0 Å². The first-order valence-electron chi connectivity index (χ1n) is 5.35. The van der Waals surface area contributed by atoms with Gasteiger partial charge in [-0.3, -0.25) is 0 Å². The van der Waals surface area contributed by atoms with Crippen molar-refractivity contribution < 1.29 is 0 Å². The molecule has 1 N–H and O–H groups in total. The van der Waals surface area contributed by atoms with Crippen LogP contribution in [0.4, 0.5) is 0 Å².